The number of ketones is 1. The van der Waals surface area contributed by atoms with Crippen LogP contribution >= 0.6 is 0 Å². The highest BCUT2D eigenvalue weighted by Crippen LogP contribution is 2.31. The summed E-state index contributed by atoms with van der Waals surface area (Å²) in [6.45, 7) is 3.16. The number of nitrogens with zero attached hydrogens (tertiary/aromatic N) is 1. The molecule has 1 aromatic heterocycles. The Labute approximate surface area is 117 Å². The van der Waals surface area contributed by atoms with Crippen LogP contribution in [0, 0.1) is 6.92 Å². The van der Waals surface area contributed by atoms with E-state index in [-0.39, 0.29) is 5.78 Å². The summed E-state index contributed by atoms with van der Waals surface area (Å²) in [4.78, 5) is 16.5. The number of hydrogen-bond acceptors (Lipinski definition) is 4. The summed E-state index contributed by atoms with van der Waals surface area (Å²) in [5.74, 6) is 1.27. The van der Waals surface area contributed by atoms with Crippen molar-refractivity contribution in [1.29, 1.82) is 0 Å². The second kappa shape index (κ2) is 5.33. The highest BCUT2D eigenvalue weighted by Gasteiger charge is 2.15. The van der Waals surface area contributed by atoms with Gasteiger partial charge in [-0.3, -0.25) is 9.78 Å². The molecular weight excluding hydrogens is 254 g/mol. The van der Waals surface area contributed by atoms with Gasteiger partial charge in [-0.15, -0.1) is 0 Å². The van der Waals surface area contributed by atoms with Gasteiger partial charge in [0, 0.05) is 29.9 Å². The van der Waals surface area contributed by atoms with Crippen LogP contribution in [0.4, 0.5) is 0 Å². The van der Waals surface area contributed by atoms with E-state index >= 15 is 0 Å². The molecule has 0 fully saturated rings. The summed E-state index contributed by atoms with van der Waals surface area (Å²) in [5.41, 5.74) is 2.13. The molecule has 0 N–H and O–H groups in total. The van der Waals surface area contributed by atoms with Crippen LogP contribution in [-0.2, 0) is 0 Å². The number of fused-ring (bicyclic) bond motifs is 1. The Hall–Kier alpha value is -2.36. The number of rotatable bonds is 2. The van der Waals surface area contributed by atoms with Crippen molar-refractivity contribution < 1.29 is 14.3 Å². The van der Waals surface area contributed by atoms with Crippen LogP contribution in [0.3, 0.4) is 0 Å². The Morgan fingerprint density at radius 1 is 1.05 bits per heavy atom. The summed E-state index contributed by atoms with van der Waals surface area (Å²) < 4.78 is 11.2. The van der Waals surface area contributed by atoms with Crippen molar-refractivity contribution >= 4 is 5.78 Å². The highest BCUT2D eigenvalue weighted by molar-refractivity contribution is 6.09. The molecular formula is C16H15NO3. The first-order chi connectivity index (χ1) is 9.74. The van der Waals surface area contributed by atoms with E-state index in [9.17, 15) is 4.79 Å². The molecule has 4 nitrogen and oxygen atoms in total. The molecule has 2 heterocycles. The highest BCUT2D eigenvalue weighted by atomic mass is 16.5. The quantitative estimate of drug-likeness (QED) is 0.787. The number of ether oxygens (including phenoxy) is 2. The smallest absolute Gasteiger partial charge is 0.194 e. The van der Waals surface area contributed by atoms with Crippen LogP contribution in [-0.4, -0.2) is 24.0 Å². The van der Waals surface area contributed by atoms with Gasteiger partial charge in [-0.25, -0.2) is 0 Å². The maximum Gasteiger partial charge on any atom is 0.194 e. The van der Waals surface area contributed by atoms with E-state index in [0.29, 0.717) is 35.8 Å². The minimum Gasteiger partial charge on any atom is -0.490 e. The number of aromatic nitrogens is 1. The van der Waals surface area contributed by atoms with Crippen LogP contribution in [0.1, 0.15) is 27.9 Å². The van der Waals surface area contributed by atoms with Crippen LogP contribution < -0.4 is 9.47 Å². The Kier molecular flexibility index (Phi) is 3.37. The van der Waals surface area contributed by atoms with Crippen molar-refractivity contribution in [3.05, 3.63) is 53.3 Å². The average Bonchev–Trinajstić information content (AvgIpc) is 2.71. The molecule has 1 aliphatic heterocycles. The molecule has 102 valence electrons. The van der Waals surface area contributed by atoms with Gasteiger partial charge in [-0.1, -0.05) is 0 Å². The van der Waals surface area contributed by atoms with Crippen LogP contribution in [0.5, 0.6) is 11.5 Å². The van der Waals surface area contributed by atoms with E-state index in [4.69, 9.17) is 9.47 Å². The number of benzene rings is 1. The van der Waals surface area contributed by atoms with Crippen LogP contribution in [0.2, 0.25) is 0 Å². The van der Waals surface area contributed by atoms with Gasteiger partial charge in [-0.05, 0) is 36.8 Å². The van der Waals surface area contributed by atoms with Crippen molar-refractivity contribution in [2.75, 3.05) is 13.2 Å². The van der Waals surface area contributed by atoms with Gasteiger partial charge < -0.3 is 9.47 Å². The molecule has 4 heteroatoms. The summed E-state index contributed by atoms with van der Waals surface area (Å²) in [6, 6.07) is 7.12. The lowest BCUT2D eigenvalue weighted by molar-refractivity contribution is 0.103. The molecule has 1 aromatic carbocycles. The third-order valence-electron chi connectivity index (χ3n) is 3.15. The van der Waals surface area contributed by atoms with E-state index < -0.39 is 0 Å². The fraction of sp³-hybridized carbons (Fsp3) is 0.250. The lowest BCUT2D eigenvalue weighted by Gasteiger charge is -2.09. The fourth-order valence-corrected chi connectivity index (χ4v) is 2.15. The SMILES string of the molecule is Cc1cncc(C(=O)c2ccc3c(c2)OCCCO3)c1. The largest absolute Gasteiger partial charge is 0.490 e. The Balaban J connectivity index is 1.94. The standard InChI is InChI=1S/C16H15NO3/c1-11-7-13(10-17-9-11)16(18)12-3-4-14-15(8-12)20-6-2-5-19-14/h3-4,7-10H,2,5-6H2,1H3. The average molecular weight is 269 g/mol. The van der Waals surface area contributed by atoms with Crippen LogP contribution in [0.25, 0.3) is 0 Å². The zero-order chi connectivity index (χ0) is 13.9. The van der Waals surface area contributed by atoms with Crippen molar-refractivity contribution in [2.24, 2.45) is 0 Å². The second-order valence-electron chi connectivity index (χ2n) is 4.79. The molecule has 1 aliphatic rings. The number of pyridine rings is 1. The molecule has 2 aromatic rings. The Morgan fingerprint density at radius 2 is 1.85 bits per heavy atom. The Morgan fingerprint density at radius 3 is 2.65 bits per heavy atom. The summed E-state index contributed by atoms with van der Waals surface area (Å²) >= 11 is 0. The van der Waals surface area contributed by atoms with Crippen molar-refractivity contribution in [1.82, 2.24) is 4.98 Å². The molecule has 0 saturated heterocycles. The topological polar surface area (TPSA) is 48.4 Å². The maximum absolute atomic E-state index is 12.4. The minimum absolute atomic E-state index is 0.0585. The van der Waals surface area contributed by atoms with Gasteiger partial charge in [0.15, 0.2) is 17.3 Å². The van der Waals surface area contributed by atoms with E-state index in [0.717, 1.165) is 12.0 Å². The number of carbonyl (C=O) groups excluding carboxylic acids is 1. The molecule has 0 bridgehead atoms. The van der Waals surface area contributed by atoms with E-state index in [1.54, 1.807) is 30.6 Å². The lowest BCUT2D eigenvalue weighted by Crippen LogP contribution is -2.03. The maximum atomic E-state index is 12.4. The predicted molar refractivity (Wildman–Crippen MR) is 74.5 cm³/mol. The first kappa shape index (κ1) is 12.7. The Bertz CT molecular complexity index is 652. The van der Waals surface area contributed by atoms with Gasteiger partial charge in [0.1, 0.15) is 0 Å². The number of aryl methyl sites for hydroxylation is 1. The number of carbonyl (C=O) groups is 1. The zero-order valence-electron chi connectivity index (χ0n) is 11.3. The monoisotopic (exact) mass is 269 g/mol. The van der Waals surface area contributed by atoms with E-state index in [2.05, 4.69) is 4.98 Å². The summed E-state index contributed by atoms with van der Waals surface area (Å²) in [5, 5.41) is 0. The van der Waals surface area contributed by atoms with E-state index in [1.807, 2.05) is 13.0 Å². The van der Waals surface area contributed by atoms with Gasteiger partial charge in [0.25, 0.3) is 0 Å². The minimum atomic E-state index is -0.0585. The predicted octanol–water partition coefficient (Wildman–Crippen LogP) is 2.78. The second-order valence-corrected chi connectivity index (χ2v) is 4.79. The van der Waals surface area contributed by atoms with Gasteiger partial charge >= 0.3 is 0 Å². The molecule has 0 aliphatic carbocycles. The molecule has 20 heavy (non-hydrogen) atoms. The molecule has 3 rings (SSSR count). The zero-order valence-corrected chi connectivity index (χ0v) is 11.3. The summed E-state index contributed by atoms with van der Waals surface area (Å²) in [7, 11) is 0. The molecule has 0 saturated carbocycles. The van der Waals surface area contributed by atoms with E-state index in [1.165, 1.54) is 0 Å². The van der Waals surface area contributed by atoms with Gasteiger partial charge in [-0.2, -0.15) is 0 Å². The lowest BCUT2D eigenvalue weighted by atomic mass is 10.0. The third kappa shape index (κ3) is 2.50. The normalized spacial score (nSPS) is 13.7. The van der Waals surface area contributed by atoms with Crippen LogP contribution in [0.15, 0.2) is 36.7 Å². The molecule has 0 spiro atoms. The molecule has 0 atom stereocenters. The first-order valence-corrected chi connectivity index (χ1v) is 6.60. The summed E-state index contributed by atoms with van der Waals surface area (Å²) in [6.07, 6.45) is 4.16. The fourth-order valence-electron chi connectivity index (χ4n) is 2.15. The molecule has 0 unspecified atom stereocenters. The molecule has 0 radical (unpaired) electrons. The van der Waals surface area contributed by atoms with Gasteiger partial charge in [0.2, 0.25) is 0 Å². The van der Waals surface area contributed by atoms with Crippen molar-refractivity contribution in [3.8, 4) is 11.5 Å². The molecule has 0 amide bonds. The number of hydrogen-bond donors (Lipinski definition) is 0. The first-order valence-electron chi connectivity index (χ1n) is 6.60. The van der Waals surface area contributed by atoms with Crippen molar-refractivity contribution in [2.45, 2.75) is 13.3 Å². The van der Waals surface area contributed by atoms with Crippen molar-refractivity contribution in [3.63, 3.8) is 0 Å². The third-order valence-corrected chi connectivity index (χ3v) is 3.15. The van der Waals surface area contributed by atoms with Gasteiger partial charge in [0.05, 0.1) is 13.2 Å².